The minimum atomic E-state index is -3.44. The predicted octanol–water partition coefficient (Wildman–Crippen LogP) is 8.66. The van der Waals surface area contributed by atoms with Gasteiger partial charge < -0.3 is 28.9 Å². The van der Waals surface area contributed by atoms with Gasteiger partial charge >= 0.3 is 6.09 Å². The number of amides is 1. The van der Waals surface area contributed by atoms with Crippen LogP contribution < -0.4 is 25.2 Å². The van der Waals surface area contributed by atoms with Gasteiger partial charge in [0, 0.05) is 36.4 Å². The summed E-state index contributed by atoms with van der Waals surface area (Å²) in [5, 5.41) is 4.36. The van der Waals surface area contributed by atoms with Crippen LogP contribution in [0.25, 0.3) is 0 Å². The van der Waals surface area contributed by atoms with Crippen molar-refractivity contribution in [1.29, 1.82) is 0 Å². The van der Waals surface area contributed by atoms with Crippen LogP contribution in [0.5, 0.6) is 11.5 Å². The molecule has 0 unspecified atom stereocenters. The van der Waals surface area contributed by atoms with Crippen molar-refractivity contribution in [3.63, 3.8) is 0 Å². The van der Waals surface area contributed by atoms with E-state index in [-0.39, 0.29) is 24.1 Å². The zero-order valence-electron chi connectivity index (χ0n) is 34.2. The Hall–Kier alpha value is -4.59. The number of carbonyl (C=O) groups excluding carboxylic acids is 1. The van der Waals surface area contributed by atoms with Gasteiger partial charge in [0.15, 0.2) is 11.5 Å². The number of anilines is 1. The molecular formula is C45H53F4N3O5Si. The SMILES string of the molecule is C[C@@H]1Cc2cc3c(cc2[C@@H](c2c(F)cc(N[C@H]4CCN(C(=O)OC(C)(C)C)C4)cc2F)N1CC(F)(F)CO[Si](c1ccccc1)(c1ccccc1)C(C)(C)C)OCO3. The standard InChI is InChI=1S/C45H53F4N3O5Si/c1-29-20-30-21-38-39(55-28-54-38)24-35(30)41(40-36(46)22-32(23-37(40)47)50-31-18-19-51(25-31)42(53)57-43(2,3)4)52(29)26-45(48,49)27-56-58(44(5,6)7,33-14-10-8-11-15-33)34-16-12-9-13-17-34/h8-17,21-24,29,31,41,50H,18-20,25-28H2,1-7H3/t29-,31+,41+/m1/s1. The number of nitrogens with zero attached hydrogens (tertiary/aromatic N) is 2. The van der Waals surface area contributed by atoms with E-state index in [9.17, 15) is 4.79 Å². The number of alkyl halides is 2. The van der Waals surface area contributed by atoms with Crippen LogP contribution in [0.3, 0.4) is 0 Å². The maximum atomic E-state index is 16.9. The van der Waals surface area contributed by atoms with E-state index in [0.29, 0.717) is 43.0 Å². The first-order valence-electron chi connectivity index (χ1n) is 19.9. The molecule has 8 nitrogen and oxygen atoms in total. The second-order valence-electron chi connectivity index (χ2n) is 17.8. The second kappa shape index (κ2) is 15.9. The van der Waals surface area contributed by atoms with Gasteiger partial charge in [-0.3, -0.25) is 4.90 Å². The van der Waals surface area contributed by atoms with Crippen molar-refractivity contribution in [3.8, 4) is 11.5 Å². The van der Waals surface area contributed by atoms with Crippen LogP contribution in [-0.4, -0.2) is 80.9 Å². The summed E-state index contributed by atoms with van der Waals surface area (Å²) >= 11 is 0. The van der Waals surface area contributed by atoms with Crippen LogP contribution in [0.2, 0.25) is 5.04 Å². The average Bonchev–Trinajstić information content (AvgIpc) is 3.81. The van der Waals surface area contributed by atoms with Crippen LogP contribution >= 0.6 is 0 Å². The van der Waals surface area contributed by atoms with E-state index in [0.717, 1.165) is 15.9 Å². The van der Waals surface area contributed by atoms with Crippen molar-refractivity contribution in [2.24, 2.45) is 0 Å². The third-order valence-corrected chi connectivity index (χ3v) is 16.2. The molecule has 0 spiro atoms. The molecule has 3 aliphatic rings. The lowest BCUT2D eigenvalue weighted by Crippen LogP contribution is -2.67. The van der Waals surface area contributed by atoms with E-state index in [2.05, 4.69) is 5.32 Å². The zero-order valence-corrected chi connectivity index (χ0v) is 35.2. The minimum absolute atomic E-state index is 0.0184. The van der Waals surface area contributed by atoms with Crippen molar-refractivity contribution in [2.75, 3.05) is 38.4 Å². The van der Waals surface area contributed by atoms with Crippen LogP contribution in [0.15, 0.2) is 84.9 Å². The highest BCUT2D eigenvalue weighted by Gasteiger charge is 2.52. The highest BCUT2D eigenvalue weighted by molar-refractivity contribution is 6.99. The number of nitrogens with one attached hydrogen (secondary N) is 1. The van der Waals surface area contributed by atoms with Crippen LogP contribution in [0.1, 0.15) is 77.6 Å². The van der Waals surface area contributed by atoms with Gasteiger partial charge in [-0.15, -0.1) is 0 Å². The molecule has 4 aromatic carbocycles. The van der Waals surface area contributed by atoms with E-state index in [4.69, 9.17) is 18.6 Å². The molecule has 13 heteroatoms. The van der Waals surface area contributed by atoms with E-state index in [1.807, 2.05) is 81.4 Å². The topological polar surface area (TPSA) is 72.5 Å². The third-order valence-electron chi connectivity index (χ3n) is 11.2. The summed E-state index contributed by atoms with van der Waals surface area (Å²) in [4.78, 5) is 15.7. The van der Waals surface area contributed by atoms with Crippen LogP contribution in [0, 0.1) is 11.6 Å². The van der Waals surface area contributed by atoms with Gasteiger partial charge in [-0.1, -0.05) is 81.4 Å². The summed E-state index contributed by atoms with van der Waals surface area (Å²) in [6.45, 7) is 12.2. The smallest absolute Gasteiger partial charge is 0.410 e. The number of likely N-dealkylation sites (tertiary alicyclic amines) is 1. The van der Waals surface area contributed by atoms with Crippen molar-refractivity contribution < 1.29 is 41.0 Å². The first-order valence-corrected chi connectivity index (χ1v) is 21.8. The maximum absolute atomic E-state index is 16.9. The normalized spacial score (nSPS) is 19.9. The Balaban J connectivity index is 1.20. The van der Waals surface area contributed by atoms with Crippen molar-refractivity contribution in [3.05, 3.63) is 113 Å². The van der Waals surface area contributed by atoms with Crippen molar-refractivity contribution in [1.82, 2.24) is 9.80 Å². The van der Waals surface area contributed by atoms with E-state index >= 15 is 17.6 Å². The molecule has 1 amide bonds. The fourth-order valence-corrected chi connectivity index (χ4v) is 13.3. The molecule has 0 radical (unpaired) electrons. The fourth-order valence-electron chi connectivity index (χ4n) is 8.69. The number of fused-ring (bicyclic) bond motifs is 2. The minimum Gasteiger partial charge on any atom is -0.454 e. The third kappa shape index (κ3) is 8.44. The largest absolute Gasteiger partial charge is 0.454 e. The Bertz CT molecular complexity index is 2050. The number of benzene rings is 4. The number of halogens is 4. The second-order valence-corrected chi connectivity index (χ2v) is 22.1. The highest BCUT2D eigenvalue weighted by Crippen LogP contribution is 2.47. The van der Waals surface area contributed by atoms with Gasteiger partial charge in [-0.2, -0.15) is 0 Å². The van der Waals surface area contributed by atoms with Gasteiger partial charge in [-0.05, 0) is 91.3 Å². The molecule has 0 aromatic heterocycles. The van der Waals surface area contributed by atoms with Gasteiger partial charge in [0.2, 0.25) is 6.79 Å². The molecule has 0 bridgehead atoms. The van der Waals surface area contributed by atoms with E-state index in [1.54, 1.807) is 44.7 Å². The van der Waals surface area contributed by atoms with Crippen LogP contribution in [0.4, 0.5) is 28.0 Å². The van der Waals surface area contributed by atoms with Crippen molar-refractivity contribution in [2.45, 2.75) is 96.0 Å². The molecule has 7 rings (SSSR count). The predicted molar refractivity (Wildman–Crippen MR) is 219 cm³/mol. The summed E-state index contributed by atoms with van der Waals surface area (Å²) in [5.74, 6) is -4.33. The molecule has 3 aliphatic heterocycles. The lowest BCUT2D eigenvalue weighted by atomic mass is 9.84. The number of carbonyl (C=O) groups is 1. The summed E-state index contributed by atoms with van der Waals surface area (Å²) in [7, 11) is -3.34. The molecule has 0 saturated carbocycles. The Morgan fingerprint density at radius 3 is 2.03 bits per heavy atom. The van der Waals surface area contributed by atoms with Crippen LogP contribution in [-0.2, 0) is 15.6 Å². The zero-order chi connectivity index (χ0) is 41.6. The number of hydrogen-bond donors (Lipinski definition) is 1. The van der Waals surface area contributed by atoms with Gasteiger partial charge in [0.05, 0.1) is 19.2 Å². The molecule has 1 N–H and O–H groups in total. The number of rotatable bonds is 10. The quantitative estimate of drug-likeness (QED) is 0.127. The lowest BCUT2D eigenvalue weighted by Gasteiger charge is -2.46. The number of ether oxygens (including phenoxy) is 3. The van der Waals surface area contributed by atoms with E-state index < -0.39 is 67.8 Å². The summed E-state index contributed by atoms with van der Waals surface area (Å²) < 4.78 is 90.4. The Morgan fingerprint density at radius 2 is 1.47 bits per heavy atom. The van der Waals surface area contributed by atoms with Gasteiger partial charge in [0.25, 0.3) is 14.2 Å². The molecule has 58 heavy (non-hydrogen) atoms. The maximum Gasteiger partial charge on any atom is 0.410 e. The molecule has 1 saturated heterocycles. The molecule has 0 aliphatic carbocycles. The van der Waals surface area contributed by atoms with Gasteiger partial charge in [-0.25, -0.2) is 22.4 Å². The first-order chi connectivity index (χ1) is 27.3. The Kier molecular flexibility index (Phi) is 11.4. The molecule has 4 aromatic rings. The fraction of sp³-hybridized carbons (Fsp3) is 0.444. The summed E-state index contributed by atoms with van der Waals surface area (Å²) in [6, 6.07) is 22.9. The first kappa shape index (κ1) is 41.6. The monoisotopic (exact) mass is 819 g/mol. The van der Waals surface area contributed by atoms with E-state index in [1.165, 1.54) is 17.0 Å². The molecule has 3 atom stereocenters. The highest BCUT2D eigenvalue weighted by atomic mass is 28.4. The van der Waals surface area contributed by atoms with Crippen molar-refractivity contribution >= 4 is 30.5 Å². The molecular weight excluding hydrogens is 767 g/mol. The van der Waals surface area contributed by atoms with Gasteiger partial charge in [0.1, 0.15) is 17.2 Å². The summed E-state index contributed by atoms with van der Waals surface area (Å²) in [6.07, 6.45) is 0.431. The lowest BCUT2D eigenvalue weighted by molar-refractivity contribution is -0.0823. The summed E-state index contributed by atoms with van der Waals surface area (Å²) in [5.41, 5.74) is 0.378. The molecule has 3 heterocycles. The Labute approximate surface area is 339 Å². The molecule has 310 valence electrons. The number of hydrogen-bond acceptors (Lipinski definition) is 7. The Morgan fingerprint density at radius 1 is 0.879 bits per heavy atom. The average molecular weight is 820 g/mol. The molecule has 1 fully saturated rings.